The monoisotopic (exact) mass is 563 g/mol. The average molecular weight is 564 g/mol. The van der Waals surface area contributed by atoms with E-state index in [4.69, 9.17) is 15.0 Å². The lowest BCUT2D eigenvalue weighted by molar-refractivity contribution is 1.07. The highest BCUT2D eigenvalue weighted by Gasteiger charge is 2.22. The molecule has 0 unspecified atom stereocenters. The van der Waals surface area contributed by atoms with Crippen LogP contribution in [0.4, 0.5) is 0 Å². The summed E-state index contributed by atoms with van der Waals surface area (Å²) in [7, 11) is 0. The van der Waals surface area contributed by atoms with E-state index >= 15 is 0 Å². The highest BCUT2D eigenvalue weighted by Crippen LogP contribution is 2.42. The molecule has 0 amide bonds. The first-order valence-corrected chi connectivity index (χ1v) is 14.7. The summed E-state index contributed by atoms with van der Waals surface area (Å²) in [6.45, 7) is 0. The fourth-order valence-corrected chi connectivity index (χ4v) is 6.40. The van der Waals surface area contributed by atoms with Crippen LogP contribution in [0.25, 0.3) is 78.4 Å². The van der Waals surface area contributed by atoms with Gasteiger partial charge in [0, 0.05) is 38.8 Å². The molecule has 0 radical (unpaired) electrons. The van der Waals surface area contributed by atoms with Crippen molar-refractivity contribution in [1.29, 1.82) is 0 Å². The number of aromatic nitrogens is 5. The van der Waals surface area contributed by atoms with Gasteiger partial charge in [0.2, 0.25) is 0 Å². The van der Waals surface area contributed by atoms with Crippen molar-refractivity contribution in [3.05, 3.63) is 152 Å². The zero-order valence-electron chi connectivity index (χ0n) is 23.7. The maximum Gasteiger partial charge on any atom is 0.164 e. The molecule has 9 rings (SSSR count). The first-order valence-electron chi connectivity index (χ1n) is 14.7. The largest absolute Gasteiger partial charge is 0.309 e. The van der Waals surface area contributed by atoms with E-state index in [0.29, 0.717) is 17.5 Å². The Hall–Kier alpha value is -6.07. The maximum absolute atomic E-state index is 4.91. The van der Waals surface area contributed by atoms with E-state index in [2.05, 4.69) is 100 Å². The second-order valence-corrected chi connectivity index (χ2v) is 10.9. The third-order valence-electron chi connectivity index (χ3n) is 8.35. The lowest BCUT2D eigenvalue weighted by Gasteiger charge is -2.13. The van der Waals surface area contributed by atoms with Gasteiger partial charge >= 0.3 is 0 Å². The molecule has 6 aromatic carbocycles. The number of hydrogen-bond donors (Lipinski definition) is 0. The molecule has 9 aromatic rings. The maximum atomic E-state index is 4.91. The molecule has 0 bridgehead atoms. The Morgan fingerprint density at radius 2 is 0.636 bits per heavy atom. The topological polar surface area (TPSA) is 48.5 Å². The molecular weight excluding hydrogens is 538 g/mol. The van der Waals surface area contributed by atoms with Gasteiger partial charge in [-0.1, -0.05) is 91.0 Å². The van der Waals surface area contributed by atoms with Crippen LogP contribution in [-0.4, -0.2) is 24.1 Å². The van der Waals surface area contributed by atoms with E-state index in [1.54, 1.807) is 0 Å². The van der Waals surface area contributed by atoms with Crippen molar-refractivity contribution in [3.8, 4) is 45.5 Å². The Balaban J connectivity index is 1.19. The normalized spacial score (nSPS) is 11.6. The summed E-state index contributed by atoms with van der Waals surface area (Å²) >= 11 is 0. The first kappa shape index (κ1) is 24.5. The number of rotatable bonds is 5. The van der Waals surface area contributed by atoms with Gasteiger partial charge in [-0.15, -0.1) is 0 Å². The van der Waals surface area contributed by atoms with Gasteiger partial charge in [-0.3, -0.25) is 0 Å². The summed E-state index contributed by atoms with van der Waals surface area (Å²) in [4.78, 5) is 14.7. The second-order valence-electron chi connectivity index (χ2n) is 10.9. The molecule has 44 heavy (non-hydrogen) atoms. The van der Waals surface area contributed by atoms with Crippen LogP contribution in [-0.2, 0) is 0 Å². The molecule has 5 heteroatoms. The van der Waals surface area contributed by atoms with Gasteiger partial charge in [-0.2, -0.15) is 0 Å². The molecule has 0 atom stereocenters. The third kappa shape index (κ3) is 3.76. The summed E-state index contributed by atoms with van der Waals surface area (Å²) in [6.07, 6.45) is 0. The minimum absolute atomic E-state index is 0.649. The minimum atomic E-state index is 0.649. The van der Waals surface area contributed by atoms with Gasteiger partial charge in [0.25, 0.3) is 0 Å². The Kier molecular flexibility index (Phi) is 5.43. The minimum Gasteiger partial charge on any atom is -0.309 e. The van der Waals surface area contributed by atoms with E-state index in [1.807, 2.05) is 60.7 Å². The molecule has 3 aromatic heterocycles. The number of hydrogen-bond acceptors (Lipinski definition) is 3. The van der Waals surface area contributed by atoms with Gasteiger partial charge < -0.3 is 9.13 Å². The average Bonchev–Trinajstić information content (AvgIpc) is 3.64. The zero-order chi connectivity index (χ0) is 29.0. The standard InChI is InChI=1S/C39H25N5/c1-4-12-26(13-5-1)37-40-38(27-14-6-2-7-15-27)42-39(41-37)28-22-24-30(25-23-28)44-33-20-10-18-31-35(33)36-32(19-11-21-34(36)44)43(31)29-16-8-3-9-17-29/h1-25H. The molecule has 0 saturated carbocycles. The smallest absolute Gasteiger partial charge is 0.164 e. The van der Waals surface area contributed by atoms with Crippen LogP contribution >= 0.6 is 0 Å². The van der Waals surface area contributed by atoms with E-state index in [1.165, 1.54) is 38.5 Å². The van der Waals surface area contributed by atoms with Crippen molar-refractivity contribution in [1.82, 2.24) is 24.1 Å². The van der Waals surface area contributed by atoms with Crippen LogP contribution in [0.3, 0.4) is 0 Å². The number of para-hydroxylation sites is 1. The first-order chi connectivity index (χ1) is 21.8. The van der Waals surface area contributed by atoms with Crippen LogP contribution in [0.5, 0.6) is 0 Å². The SMILES string of the molecule is c1ccc(-c2nc(-c3ccccc3)nc(-c3ccc(-n4c5cccc6c5c5c(cccc54)n6-c4ccccc4)cc3)n2)cc1. The molecule has 206 valence electrons. The molecule has 0 aliphatic heterocycles. The molecule has 0 N–H and O–H groups in total. The number of nitrogens with zero attached hydrogens (tertiary/aromatic N) is 5. The highest BCUT2D eigenvalue weighted by atomic mass is 15.0. The van der Waals surface area contributed by atoms with E-state index in [0.717, 1.165) is 22.4 Å². The van der Waals surface area contributed by atoms with Crippen LogP contribution in [0.1, 0.15) is 0 Å². The quantitative estimate of drug-likeness (QED) is 0.210. The van der Waals surface area contributed by atoms with Crippen LogP contribution in [0.15, 0.2) is 152 Å². The Bertz CT molecular complexity index is 2280. The molecule has 3 heterocycles. The number of benzene rings is 6. The molecule has 0 fully saturated rings. The van der Waals surface area contributed by atoms with E-state index in [-0.39, 0.29) is 0 Å². The van der Waals surface area contributed by atoms with Crippen molar-refractivity contribution in [2.45, 2.75) is 0 Å². The Labute approximate surface area is 253 Å². The Morgan fingerprint density at radius 1 is 0.295 bits per heavy atom. The fraction of sp³-hybridized carbons (Fsp3) is 0. The van der Waals surface area contributed by atoms with Gasteiger partial charge in [0.05, 0.1) is 22.1 Å². The van der Waals surface area contributed by atoms with Crippen molar-refractivity contribution in [3.63, 3.8) is 0 Å². The predicted molar refractivity (Wildman–Crippen MR) is 178 cm³/mol. The van der Waals surface area contributed by atoms with Gasteiger partial charge in [-0.05, 0) is 60.7 Å². The summed E-state index contributed by atoms with van der Waals surface area (Å²) in [5.41, 5.74) is 9.92. The predicted octanol–water partition coefficient (Wildman–Crippen LogP) is 9.35. The fourth-order valence-electron chi connectivity index (χ4n) is 6.40. The highest BCUT2D eigenvalue weighted by molar-refractivity contribution is 6.25. The van der Waals surface area contributed by atoms with E-state index in [9.17, 15) is 0 Å². The molecule has 0 aliphatic rings. The van der Waals surface area contributed by atoms with Crippen LogP contribution < -0.4 is 0 Å². The molecule has 0 aliphatic carbocycles. The van der Waals surface area contributed by atoms with Crippen molar-refractivity contribution < 1.29 is 0 Å². The van der Waals surface area contributed by atoms with Gasteiger partial charge in [0.1, 0.15) is 0 Å². The lowest BCUT2D eigenvalue weighted by atomic mass is 10.1. The lowest BCUT2D eigenvalue weighted by Crippen LogP contribution is -2.00. The molecule has 0 spiro atoms. The van der Waals surface area contributed by atoms with E-state index < -0.39 is 0 Å². The summed E-state index contributed by atoms with van der Waals surface area (Å²) in [6, 6.07) is 52.5. The summed E-state index contributed by atoms with van der Waals surface area (Å²) < 4.78 is 4.73. The van der Waals surface area contributed by atoms with Gasteiger partial charge in [-0.25, -0.2) is 15.0 Å². The third-order valence-corrected chi connectivity index (χ3v) is 8.35. The molecular formula is C39H25N5. The van der Waals surface area contributed by atoms with Gasteiger partial charge in [0.15, 0.2) is 17.5 Å². The van der Waals surface area contributed by atoms with Crippen LogP contribution in [0.2, 0.25) is 0 Å². The zero-order valence-corrected chi connectivity index (χ0v) is 23.7. The van der Waals surface area contributed by atoms with Crippen molar-refractivity contribution >= 4 is 32.8 Å². The van der Waals surface area contributed by atoms with Crippen molar-refractivity contribution in [2.24, 2.45) is 0 Å². The van der Waals surface area contributed by atoms with Crippen LogP contribution in [0, 0.1) is 0 Å². The Morgan fingerprint density at radius 3 is 1.05 bits per heavy atom. The summed E-state index contributed by atoms with van der Waals surface area (Å²) in [5.74, 6) is 1.97. The molecule has 5 nitrogen and oxygen atoms in total. The summed E-state index contributed by atoms with van der Waals surface area (Å²) in [5, 5.41) is 2.56. The van der Waals surface area contributed by atoms with Crippen molar-refractivity contribution in [2.75, 3.05) is 0 Å². The second kappa shape index (κ2) is 9.75. The molecule has 0 saturated heterocycles.